The quantitative estimate of drug-likeness (QED) is 0.799. The van der Waals surface area contributed by atoms with Crippen molar-refractivity contribution in [3.8, 4) is 5.75 Å². The summed E-state index contributed by atoms with van der Waals surface area (Å²) in [5.41, 5.74) is 0.747. The number of methoxy groups -OCH3 is 1. The molecule has 6 nitrogen and oxygen atoms in total. The van der Waals surface area contributed by atoms with Gasteiger partial charge >= 0.3 is 6.18 Å². The minimum atomic E-state index is -4.50. The molecule has 0 aliphatic carbocycles. The van der Waals surface area contributed by atoms with Crippen LogP contribution in [-0.4, -0.2) is 35.0 Å². The van der Waals surface area contributed by atoms with Crippen LogP contribution in [0.5, 0.6) is 5.75 Å². The smallest absolute Gasteiger partial charge is 0.410 e. The number of anilines is 1. The summed E-state index contributed by atoms with van der Waals surface area (Å²) in [6.07, 6.45) is -2.84. The Bertz CT molecular complexity index is 850. The van der Waals surface area contributed by atoms with Crippen molar-refractivity contribution in [2.75, 3.05) is 12.4 Å². The number of hydrogen-bond acceptors (Lipinski definition) is 4. The van der Waals surface area contributed by atoms with Crippen LogP contribution in [0.2, 0.25) is 0 Å². The average molecular weight is 396 g/mol. The first-order valence-electron chi connectivity index (χ1n) is 9.10. The maximum atomic E-state index is 13.7. The number of carbonyl (C=O) groups excluding carboxylic acids is 1. The van der Waals surface area contributed by atoms with Crippen LogP contribution in [0, 0.1) is 0 Å². The lowest BCUT2D eigenvalue weighted by Crippen LogP contribution is -2.37. The molecule has 1 aliphatic rings. The molecule has 0 saturated carbocycles. The van der Waals surface area contributed by atoms with Crippen LogP contribution in [0.15, 0.2) is 30.5 Å². The van der Waals surface area contributed by atoms with Crippen molar-refractivity contribution in [3.63, 3.8) is 0 Å². The fourth-order valence-corrected chi connectivity index (χ4v) is 3.21. The van der Waals surface area contributed by atoms with Crippen LogP contribution >= 0.6 is 0 Å². The monoisotopic (exact) mass is 396 g/mol. The highest BCUT2D eigenvalue weighted by Crippen LogP contribution is 2.44. The Kier molecular flexibility index (Phi) is 5.53. The summed E-state index contributed by atoms with van der Waals surface area (Å²) in [6.45, 7) is 3.74. The van der Waals surface area contributed by atoms with Gasteiger partial charge in [0.1, 0.15) is 17.1 Å². The van der Waals surface area contributed by atoms with Gasteiger partial charge in [-0.1, -0.05) is 19.1 Å². The van der Waals surface area contributed by atoms with Gasteiger partial charge in [-0.15, -0.1) is 0 Å². The first-order valence-corrected chi connectivity index (χ1v) is 9.10. The van der Waals surface area contributed by atoms with E-state index in [4.69, 9.17) is 4.74 Å². The molecule has 0 radical (unpaired) electrons. The molecule has 2 aromatic rings. The fourth-order valence-electron chi connectivity index (χ4n) is 3.21. The van der Waals surface area contributed by atoms with Crippen LogP contribution < -0.4 is 15.4 Å². The molecule has 152 valence electrons. The summed E-state index contributed by atoms with van der Waals surface area (Å²) in [4.78, 5) is 12.5. The summed E-state index contributed by atoms with van der Waals surface area (Å²) >= 11 is 0. The van der Waals surface area contributed by atoms with Crippen molar-refractivity contribution in [1.29, 1.82) is 0 Å². The molecule has 3 rings (SSSR count). The summed E-state index contributed by atoms with van der Waals surface area (Å²) in [6, 6.07) is 4.31. The molecule has 3 atom stereocenters. The van der Waals surface area contributed by atoms with Crippen molar-refractivity contribution in [3.05, 3.63) is 41.6 Å². The zero-order valence-corrected chi connectivity index (χ0v) is 15.9. The molecular formula is C19H23F3N4O2. The number of benzene rings is 1. The first-order chi connectivity index (χ1) is 13.2. The fraction of sp³-hybridized carbons (Fsp3) is 0.474. The third-order valence-electron chi connectivity index (χ3n) is 4.97. The Hall–Kier alpha value is -2.71. The number of carbonyl (C=O) groups is 1. The van der Waals surface area contributed by atoms with E-state index < -0.39 is 24.2 Å². The number of alkyl halides is 3. The highest BCUT2D eigenvalue weighted by molar-refractivity contribution is 5.99. The van der Waals surface area contributed by atoms with Crippen molar-refractivity contribution < 1.29 is 22.7 Å². The molecule has 1 aliphatic heterocycles. The van der Waals surface area contributed by atoms with E-state index in [0.717, 1.165) is 4.68 Å². The third kappa shape index (κ3) is 3.93. The molecule has 28 heavy (non-hydrogen) atoms. The molecule has 0 spiro atoms. The molecule has 0 saturated heterocycles. The number of halogens is 3. The second kappa shape index (κ2) is 7.73. The van der Waals surface area contributed by atoms with Crippen molar-refractivity contribution in [2.24, 2.45) is 0 Å². The number of aromatic nitrogens is 2. The number of ether oxygens (including phenoxy) is 1. The van der Waals surface area contributed by atoms with Crippen LogP contribution in [-0.2, 0) is 0 Å². The highest BCUT2D eigenvalue weighted by atomic mass is 19.4. The molecule has 1 amide bonds. The summed E-state index contributed by atoms with van der Waals surface area (Å²) < 4.78 is 47.2. The maximum absolute atomic E-state index is 13.7. The van der Waals surface area contributed by atoms with E-state index in [0.29, 0.717) is 17.7 Å². The Morgan fingerprint density at radius 1 is 1.46 bits per heavy atom. The van der Waals surface area contributed by atoms with Gasteiger partial charge in [0.15, 0.2) is 6.04 Å². The van der Waals surface area contributed by atoms with Gasteiger partial charge in [-0.05, 0) is 31.0 Å². The second-order valence-corrected chi connectivity index (χ2v) is 6.90. The number of hydrogen-bond donors (Lipinski definition) is 2. The van der Waals surface area contributed by atoms with Crippen LogP contribution in [0.1, 0.15) is 54.7 Å². The van der Waals surface area contributed by atoms with E-state index in [1.54, 1.807) is 24.3 Å². The molecular weight excluding hydrogens is 373 g/mol. The SMILES string of the molecule is CC[C@@H](C)NC(=O)c1cnn2c1N[C@H](c1cccc(OC)c1)C[C@@H]2C(F)(F)F. The predicted molar refractivity (Wildman–Crippen MR) is 98.5 cm³/mol. The molecule has 2 N–H and O–H groups in total. The molecule has 0 unspecified atom stereocenters. The molecule has 9 heteroatoms. The first kappa shape index (κ1) is 20.0. The highest BCUT2D eigenvalue weighted by Gasteiger charge is 2.47. The topological polar surface area (TPSA) is 68.2 Å². The van der Waals surface area contributed by atoms with Gasteiger partial charge in [-0.25, -0.2) is 4.68 Å². The summed E-state index contributed by atoms with van der Waals surface area (Å²) in [7, 11) is 1.50. The minimum Gasteiger partial charge on any atom is -0.497 e. The number of nitrogens with zero attached hydrogens (tertiary/aromatic N) is 2. The van der Waals surface area contributed by atoms with Gasteiger partial charge in [0, 0.05) is 12.5 Å². The van der Waals surface area contributed by atoms with Crippen LogP contribution in [0.4, 0.5) is 19.0 Å². The van der Waals surface area contributed by atoms with Crippen molar-refractivity contribution in [2.45, 2.75) is 51.0 Å². The van der Waals surface area contributed by atoms with E-state index in [1.807, 2.05) is 13.8 Å². The van der Waals surface area contributed by atoms with Gasteiger partial charge in [-0.3, -0.25) is 4.79 Å². The van der Waals surface area contributed by atoms with E-state index in [1.165, 1.54) is 13.3 Å². The lowest BCUT2D eigenvalue weighted by Gasteiger charge is -2.34. The largest absolute Gasteiger partial charge is 0.497 e. The second-order valence-electron chi connectivity index (χ2n) is 6.90. The van der Waals surface area contributed by atoms with Crippen LogP contribution in [0.3, 0.4) is 0 Å². The number of rotatable bonds is 5. The lowest BCUT2D eigenvalue weighted by molar-refractivity contribution is -0.173. The number of fused-ring (bicyclic) bond motifs is 1. The minimum absolute atomic E-state index is 0.0715. The summed E-state index contributed by atoms with van der Waals surface area (Å²) in [5.74, 6) is 0.175. The number of nitrogens with one attached hydrogen (secondary N) is 2. The van der Waals surface area contributed by atoms with Crippen molar-refractivity contribution in [1.82, 2.24) is 15.1 Å². The predicted octanol–water partition coefficient (Wildman–Crippen LogP) is 4.08. The van der Waals surface area contributed by atoms with E-state index in [2.05, 4.69) is 15.7 Å². The molecule has 0 fully saturated rings. The zero-order valence-electron chi connectivity index (χ0n) is 15.9. The third-order valence-corrected chi connectivity index (χ3v) is 4.97. The molecule has 1 aromatic carbocycles. The Morgan fingerprint density at radius 2 is 2.21 bits per heavy atom. The normalized spacial score (nSPS) is 20.1. The van der Waals surface area contributed by atoms with Gasteiger partial charge < -0.3 is 15.4 Å². The standard InChI is InChI=1S/C19H23F3N4O2/c1-4-11(2)24-18(27)14-10-23-26-16(19(20,21)22)9-15(25-17(14)26)12-6-5-7-13(8-12)28-3/h5-8,10-11,15-16,25H,4,9H2,1-3H3,(H,24,27)/t11-,15+,16-/m1/s1. The Morgan fingerprint density at radius 3 is 2.86 bits per heavy atom. The van der Waals surface area contributed by atoms with Crippen molar-refractivity contribution >= 4 is 11.7 Å². The molecule has 2 heterocycles. The average Bonchev–Trinajstić information content (AvgIpc) is 3.10. The van der Waals surface area contributed by atoms with E-state index in [9.17, 15) is 18.0 Å². The van der Waals surface area contributed by atoms with E-state index in [-0.39, 0.29) is 23.8 Å². The maximum Gasteiger partial charge on any atom is 0.410 e. The van der Waals surface area contributed by atoms with Gasteiger partial charge in [0.2, 0.25) is 0 Å². The Balaban J connectivity index is 1.99. The van der Waals surface area contributed by atoms with Gasteiger partial charge in [-0.2, -0.15) is 18.3 Å². The van der Waals surface area contributed by atoms with Gasteiger partial charge in [0.25, 0.3) is 5.91 Å². The van der Waals surface area contributed by atoms with Crippen LogP contribution in [0.25, 0.3) is 0 Å². The molecule has 1 aromatic heterocycles. The molecule has 0 bridgehead atoms. The lowest BCUT2D eigenvalue weighted by atomic mass is 9.96. The summed E-state index contributed by atoms with van der Waals surface area (Å²) in [5, 5.41) is 9.72. The Labute approximate surface area is 161 Å². The van der Waals surface area contributed by atoms with Gasteiger partial charge in [0.05, 0.1) is 19.3 Å². The number of amides is 1. The zero-order chi connectivity index (χ0) is 20.5. The van der Waals surface area contributed by atoms with E-state index >= 15 is 0 Å².